The number of aliphatic imine (C=N–C) groups is 1. The molecule has 0 amide bonds. The SMILES string of the molecule is Cc1nn(-c2ccc(N=Cc3ccc(Br)cc3)cc2F)c(=O)n1CCCn1ccnc1. The molecule has 0 bridgehead atoms. The summed E-state index contributed by atoms with van der Waals surface area (Å²) in [5.74, 6) is -0.0250. The lowest BCUT2D eigenvalue weighted by atomic mass is 10.2. The highest BCUT2D eigenvalue weighted by atomic mass is 79.9. The molecule has 2 aromatic carbocycles. The van der Waals surface area contributed by atoms with E-state index in [9.17, 15) is 9.18 Å². The maximum atomic E-state index is 14.8. The van der Waals surface area contributed by atoms with Crippen LogP contribution in [0.4, 0.5) is 10.1 Å². The second kappa shape index (κ2) is 9.22. The number of rotatable bonds is 7. The van der Waals surface area contributed by atoms with Crippen LogP contribution in [0.1, 0.15) is 17.8 Å². The van der Waals surface area contributed by atoms with Gasteiger partial charge in [0.2, 0.25) is 0 Å². The zero-order valence-corrected chi connectivity index (χ0v) is 18.4. The van der Waals surface area contributed by atoms with Gasteiger partial charge in [-0.3, -0.25) is 9.56 Å². The quantitative estimate of drug-likeness (QED) is 0.369. The Bertz CT molecular complexity index is 1260. The Morgan fingerprint density at radius 2 is 1.97 bits per heavy atom. The van der Waals surface area contributed by atoms with Crippen LogP contribution < -0.4 is 5.69 Å². The summed E-state index contributed by atoms with van der Waals surface area (Å²) in [4.78, 5) is 21.1. The van der Waals surface area contributed by atoms with Gasteiger partial charge in [0.05, 0.1) is 12.0 Å². The second-order valence-electron chi connectivity index (χ2n) is 6.99. The molecule has 4 aromatic rings. The lowest BCUT2D eigenvalue weighted by Crippen LogP contribution is -2.25. The molecule has 0 aliphatic rings. The molecule has 0 spiro atoms. The Morgan fingerprint density at radius 1 is 1.16 bits per heavy atom. The van der Waals surface area contributed by atoms with Gasteiger partial charge in [0.15, 0.2) is 5.82 Å². The predicted molar refractivity (Wildman–Crippen MR) is 121 cm³/mol. The molecule has 0 unspecified atom stereocenters. The minimum absolute atomic E-state index is 0.101. The summed E-state index contributed by atoms with van der Waals surface area (Å²) in [6.07, 6.45) is 7.70. The topological polar surface area (TPSA) is 70.0 Å². The van der Waals surface area contributed by atoms with Crippen molar-refractivity contribution in [1.29, 1.82) is 0 Å². The van der Waals surface area contributed by atoms with Crippen molar-refractivity contribution < 1.29 is 4.39 Å². The van der Waals surface area contributed by atoms with E-state index in [4.69, 9.17) is 0 Å². The third kappa shape index (κ3) is 4.88. The molecule has 0 saturated heterocycles. The van der Waals surface area contributed by atoms with E-state index < -0.39 is 5.82 Å². The first-order valence-corrected chi connectivity index (χ1v) is 10.5. The Labute approximate surface area is 186 Å². The van der Waals surface area contributed by atoms with Gasteiger partial charge in [-0.2, -0.15) is 9.78 Å². The lowest BCUT2D eigenvalue weighted by molar-refractivity contribution is 0.542. The van der Waals surface area contributed by atoms with Gasteiger partial charge in [-0.25, -0.2) is 14.2 Å². The standard InChI is InChI=1S/C22H20BrFN6O/c1-16-27-30(22(31)29(16)11-2-10-28-12-9-25-15-28)21-8-7-19(13-20(21)24)26-14-17-3-5-18(23)6-4-17/h3-9,12-15H,2,10-11H2,1H3. The molecule has 0 aliphatic carbocycles. The maximum Gasteiger partial charge on any atom is 0.350 e. The van der Waals surface area contributed by atoms with Crippen LogP contribution in [-0.4, -0.2) is 30.1 Å². The molecule has 0 radical (unpaired) electrons. The van der Waals surface area contributed by atoms with Crippen LogP contribution in [0, 0.1) is 12.7 Å². The summed E-state index contributed by atoms with van der Waals surface area (Å²) >= 11 is 3.38. The molecule has 0 fully saturated rings. The molecular weight excluding hydrogens is 463 g/mol. The number of aryl methyl sites for hydroxylation is 2. The van der Waals surface area contributed by atoms with Crippen molar-refractivity contribution in [3.05, 3.63) is 93.3 Å². The third-order valence-corrected chi connectivity index (χ3v) is 5.33. The molecule has 158 valence electrons. The van der Waals surface area contributed by atoms with Gasteiger partial charge in [0, 0.05) is 42.2 Å². The average Bonchev–Trinajstić information content (AvgIpc) is 3.37. The summed E-state index contributed by atoms with van der Waals surface area (Å²) < 4.78 is 20.3. The van der Waals surface area contributed by atoms with Gasteiger partial charge in [-0.15, -0.1) is 0 Å². The van der Waals surface area contributed by atoms with Crippen molar-refractivity contribution in [2.75, 3.05) is 0 Å². The lowest BCUT2D eigenvalue weighted by Gasteiger charge is -2.04. The molecule has 0 saturated carbocycles. The van der Waals surface area contributed by atoms with Crippen molar-refractivity contribution in [3.8, 4) is 5.69 Å². The van der Waals surface area contributed by atoms with Gasteiger partial charge in [0.1, 0.15) is 11.5 Å². The van der Waals surface area contributed by atoms with Crippen molar-refractivity contribution >= 4 is 27.8 Å². The zero-order valence-electron chi connectivity index (χ0n) is 16.8. The summed E-state index contributed by atoms with van der Waals surface area (Å²) in [7, 11) is 0. The molecule has 0 N–H and O–H groups in total. The van der Waals surface area contributed by atoms with E-state index >= 15 is 0 Å². The van der Waals surface area contributed by atoms with Gasteiger partial charge in [-0.05, 0) is 43.2 Å². The summed E-state index contributed by atoms with van der Waals surface area (Å²) in [6.45, 7) is 2.96. The average molecular weight is 483 g/mol. The highest BCUT2D eigenvalue weighted by Gasteiger charge is 2.15. The van der Waals surface area contributed by atoms with Crippen LogP contribution in [0.3, 0.4) is 0 Å². The molecule has 0 aliphatic heterocycles. The van der Waals surface area contributed by atoms with Gasteiger partial charge < -0.3 is 4.57 Å². The first-order valence-electron chi connectivity index (χ1n) is 9.73. The molecule has 31 heavy (non-hydrogen) atoms. The summed E-state index contributed by atoms with van der Waals surface area (Å²) in [6, 6.07) is 12.1. The van der Waals surface area contributed by atoms with Crippen molar-refractivity contribution in [2.24, 2.45) is 4.99 Å². The molecular formula is C22H20BrFN6O. The van der Waals surface area contributed by atoms with Crippen LogP contribution in [0.15, 0.2) is 75.4 Å². The number of aromatic nitrogens is 5. The number of benzene rings is 2. The third-order valence-electron chi connectivity index (χ3n) is 4.80. The molecule has 9 heteroatoms. The number of nitrogens with zero attached hydrogens (tertiary/aromatic N) is 6. The van der Waals surface area contributed by atoms with Crippen LogP contribution in [-0.2, 0) is 13.1 Å². The highest BCUT2D eigenvalue weighted by Crippen LogP contribution is 2.20. The van der Waals surface area contributed by atoms with Crippen LogP contribution in [0.25, 0.3) is 5.69 Å². The Morgan fingerprint density at radius 3 is 2.68 bits per heavy atom. The van der Waals surface area contributed by atoms with Crippen LogP contribution >= 0.6 is 15.9 Å². The Hall–Kier alpha value is -3.33. The summed E-state index contributed by atoms with van der Waals surface area (Å²) in [5.41, 5.74) is 1.08. The molecule has 0 atom stereocenters. The van der Waals surface area contributed by atoms with Gasteiger partial charge in [-0.1, -0.05) is 28.1 Å². The minimum atomic E-state index is -0.560. The Balaban J connectivity index is 1.51. The van der Waals surface area contributed by atoms with Crippen LogP contribution in [0.2, 0.25) is 0 Å². The normalized spacial score (nSPS) is 11.5. The van der Waals surface area contributed by atoms with Crippen molar-refractivity contribution in [3.63, 3.8) is 0 Å². The molecule has 2 aromatic heterocycles. The van der Waals surface area contributed by atoms with E-state index in [0.29, 0.717) is 18.1 Å². The van der Waals surface area contributed by atoms with Crippen molar-refractivity contribution in [1.82, 2.24) is 23.9 Å². The Kier molecular flexibility index (Phi) is 6.22. The van der Waals surface area contributed by atoms with Crippen molar-refractivity contribution in [2.45, 2.75) is 26.4 Å². The van der Waals surface area contributed by atoms with E-state index in [0.717, 1.165) is 27.7 Å². The number of imidazole rings is 1. The van der Waals surface area contributed by atoms with E-state index in [-0.39, 0.29) is 11.4 Å². The van der Waals surface area contributed by atoms with E-state index in [1.165, 1.54) is 12.1 Å². The fourth-order valence-corrected chi connectivity index (χ4v) is 3.45. The first kappa shape index (κ1) is 20.9. The minimum Gasteiger partial charge on any atom is -0.337 e. The smallest absolute Gasteiger partial charge is 0.337 e. The highest BCUT2D eigenvalue weighted by molar-refractivity contribution is 9.10. The summed E-state index contributed by atoms with van der Waals surface area (Å²) in [5, 5.41) is 4.25. The van der Waals surface area contributed by atoms with E-state index in [1.54, 1.807) is 36.3 Å². The predicted octanol–water partition coefficient (Wildman–Crippen LogP) is 4.28. The molecule has 2 heterocycles. The van der Waals surface area contributed by atoms with Gasteiger partial charge >= 0.3 is 5.69 Å². The fourth-order valence-electron chi connectivity index (χ4n) is 3.18. The molecule has 7 nitrogen and oxygen atoms in total. The largest absolute Gasteiger partial charge is 0.350 e. The zero-order chi connectivity index (χ0) is 21.8. The molecule has 4 rings (SSSR count). The number of halogens is 2. The number of hydrogen-bond acceptors (Lipinski definition) is 4. The van der Waals surface area contributed by atoms with Gasteiger partial charge in [0.25, 0.3) is 0 Å². The second-order valence-corrected chi connectivity index (χ2v) is 7.91. The monoisotopic (exact) mass is 482 g/mol. The maximum absolute atomic E-state index is 14.8. The van der Waals surface area contributed by atoms with E-state index in [1.807, 2.05) is 35.0 Å². The first-order chi connectivity index (χ1) is 15.0. The van der Waals surface area contributed by atoms with Crippen LogP contribution in [0.5, 0.6) is 0 Å². The number of hydrogen-bond donors (Lipinski definition) is 0. The fraction of sp³-hybridized carbons (Fsp3) is 0.182. The van der Waals surface area contributed by atoms with E-state index in [2.05, 4.69) is 31.0 Å².